The fourth-order valence-electron chi connectivity index (χ4n) is 2.84. The summed E-state index contributed by atoms with van der Waals surface area (Å²) >= 11 is 0. The van der Waals surface area contributed by atoms with Crippen molar-refractivity contribution in [3.63, 3.8) is 0 Å². The third-order valence-corrected chi connectivity index (χ3v) is 5.84. The van der Waals surface area contributed by atoms with Gasteiger partial charge in [0.15, 0.2) is 0 Å². The van der Waals surface area contributed by atoms with Crippen LogP contribution in [0.15, 0.2) is 70.5 Å². The van der Waals surface area contributed by atoms with E-state index in [0.29, 0.717) is 5.39 Å². The standard InChI is InChI=1S/C17H14O6S2/c18-24(19,20)16-14(10-12-6-2-1-3-7-12)11-13-8-4-5-9-15(13)17(16)25(21,22)23/h1-9,11H,10H2,(H,18,19,20)(H,21,22,23). The molecule has 0 saturated carbocycles. The summed E-state index contributed by atoms with van der Waals surface area (Å²) in [5.74, 6) is 0. The van der Waals surface area contributed by atoms with E-state index in [-0.39, 0.29) is 17.4 Å². The summed E-state index contributed by atoms with van der Waals surface area (Å²) in [7, 11) is -9.80. The van der Waals surface area contributed by atoms with Crippen LogP contribution in [0.5, 0.6) is 0 Å². The van der Waals surface area contributed by atoms with Gasteiger partial charge in [0, 0.05) is 5.39 Å². The molecule has 0 amide bonds. The minimum Gasteiger partial charge on any atom is -0.282 e. The first-order valence-corrected chi connectivity index (χ1v) is 10.1. The van der Waals surface area contributed by atoms with Crippen molar-refractivity contribution in [2.75, 3.05) is 0 Å². The van der Waals surface area contributed by atoms with Crippen molar-refractivity contribution in [2.24, 2.45) is 0 Å². The van der Waals surface area contributed by atoms with Gasteiger partial charge in [0.05, 0.1) is 0 Å². The van der Waals surface area contributed by atoms with Crippen LogP contribution in [0, 0.1) is 0 Å². The molecular weight excluding hydrogens is 364 g/mol. The third-order valence-electron chi connectivity index (χ3n) is 3.79. The van der Waals surface area contributed by atoms with Gasteiger partial charge in [-0.05, 0) is 29.0 Å². The molecule has 0 aliphatic carbocycles. The maximum atomic E-state index is 11.9. The van der Waals surface area contributed by atoms with E-state index in [2.05, 4.69) is 0 Å². The SMILES string of the molecule is O=S(=O)(O)c1c(Cc2ccccc2)cc2ccccc2c1S(=O)(=O)O. The van der Waals surface area contributed by atoms with Crippen molar-refractivity contribution < 1.29 is 25.9 Å². The monoisotopic (exact) mass is 378 g/mol. The zero-order valence-electron chi connectivity index (χ0n) is 12.8. The molecule has 6 nitrogen and oxygen atoms in total. The number of rotatable bonds is 4. The molecule has 0 bridgehead atoms. The third kappa shape index (κ3) is 3.57. The first kappa shape index (κ1) is 17.6. The highest BCUT2D eigenvalue weighted by molar-refractivity contribution is 7.89. The van der Waals surface area contributed by atoms with Crippen molar-refractivity contribution in [3.8, 4) is 0 Å². The van der Waals surface area contributed by atoms with Crippen LogP contribution < -0.4 is 0 Å². The quantitative estimate of drug-likeness (QED) is 0.676. The lowest BCUT2D eigenvalue weighted by molar-refractivity contribution is 0.466. The molecule has 3 aromatic rings. The van der Waals surface area contributed by atoms with Gasteiger partial charge in [-0.3, -0.25) is 9.11 Å². The summed E-state index contributed by atoms with van der Waals surface area (Å²) in [6.07, 6.45) is 0.0727. The van der Waals surface area contributed by atoms with Crippen LogP contribution in [0.3, 0.4) is 0 Å². The summed E-state index contributed by atoms with van der Waals surface area (Å²) in [6.45, 7) is 0. The van der Waals surface area contributed by atoms with Crippen LogP contribution in [0.1, 0.15) is 11.1 Å². The average Bonchev–Trinajstić information content (AvgIpc) is 2.52. The van der Waals surface area contributed by atoms with Gasteiger partial charge in [0.2, 0.25) is 0 Å². The van der Waals surface area contributed by atoms with Crippen LogP contribution in [0.4, 0.5) is 0 Å². The first-order valence-electron chi connectivity index (χ1n) is 7.21. The van der Waals surface area contributed by atoms with Crippen molar-refractivity contribution in [2.45, 2.75) is 16.2 Å². The van der Waals surface area contributed by atoms with Crippen LogP contribution >= 0.6 is 0 Å². The number of fused-ring (bicyclic) bond motifs is 1. The Morgan fingerprint density at radius 1 is 0.720 bits per heavy atom. The molecule has 3 rings (SSSR count). The van der Waals surface area contributed by atoms with E-state index in [1.807, 2.05) is 0 Å². The molecule has 0 unspecified atom stereocenters. The summed E-state index contributed by atoms with van der Waals surface area (Å²) in [5, 5.41) is 0.461. The van der Waals surface area contributed by atoms with Crippen LogP contribution in [0.25, 0.3) is 10.8 Å². The smallest absolute Gasteiger partial charge is 0.282 e. The molecule has 3 aromatic carbocycles. The van der Waals surface area contributed by atoms with Gasteiger partial charge in [-0.15, -0.1) is 0 Å². The Morgan fingerprint density at radius 3 is 1.88 bits per heavy atom. The summed E-state index contributed by atoms with van der Waals surface area (Å²) < 4.78 is 66.9. The number of benzene rings is 3. The van der Waals surface area contributed by atoms with Crippen molar-refractivity contribution >= 4 is 31.0 Å². The Balaban J connectivity index is 2.44. The van der Waals surface area contributed by atoms with Crippen molar-refractivity contribution in [1.82, 2.24) is 0 Å². The fourth-order valence-corrected chi connectivity index (χ4v) is 5.10. The van der Waals surface area contributed by atoms with Gasteiger partial charge in [-0.2, -0.15) is 16.8 Å². The molecular formula is C17H14O6S2. The fraction of sp³-hybridized carbons (Fsp3) is 0.0588. The predicted octanol–water partition coefficient (Wildman–Crippen LogP) is 2.92. The molecule has 0 fully saturated rings. The van der Waals surface area contributed by atoms with Crippen LogP contribution in [-0.2, 0) is 26.7 Å². The minimum absolute atomic E-state index is 0.0226. The molecule has 8 heteroatoms. The van der Waals surface area contributed by atoms with Gasteiger partial charge in [-0.25, -0.2) is 0 Å². The predicted molar refractivity (Wildman–Crippen MR) is 92.8 cm³/mol. The van der Waals surface area contributed by atoms with E-state index in [1.165, 1.54) is 18.2 Å². The summed E-state index contributed by atoms with van der Waals surface area (Å²) in [5.41, 5.74) is 0.809. The van der Waals surface area contributed by atoms with E-state index in [1.54, 1.807) is 42.5 Å². The zero-order valence-corrected chi connectivity index (χ0v) is 14.5. The van der Waals surface area contributed by atoms with Gasteiger partial charge in [0.1, 0.15) is 9.79 Å². The highest BCUT2D eigenvalue weighted by Crippen LogP contribution is 2.34. The van der Waals surface area contributed by atoms with E-state index < -0.39 is 30.0 Å². The molecule has 0 radical (unpaired) electrons. The largest absolute Gasteiger partial charge is 0.296 e. The minimum atomic E-state index is -4.90. The van der Waals surface area contributed by atoms with Crippen molar-refractivity contribution in [1.29, 1.82) is 0 Å². The Labute approximate surface area is 145 Å². The molecule has 0 aliphatic rings. The second-order valence-corrected chi connectivity index (χ2v) is 8.24. The van der Waals surface area contributed by atoms with Crippen molar-refractivity contribution in [3.05, 3.63) is 71.8 Å². The Hall–Kier alpha value is -2.26. The van der Waals surface area contributed by atoms with Gasteiger partial charge < -0.3 is 0 Å². The molecule has 130 valence electrons. The lowest BCUT2D eigenvalue weighted by atomic mass is 10.0. The summed E-state index contributed by atoms with van der Waals surface area (Å²) in [6, 6.07) is 16.5. The molecule has 0 heterocycles. The highest BCUT2D eigenvalue weighted by Gasteiger charge is 2.30. The molecule has 0 aromatic heterocycles. The van der Waals surface area contributed by atoms with E-state index in [9.17, 15) is 25.9 Å². The second kappa shape index (κ2) is 6.23. The average molecular weight is 378 g/mol. The number of hydrogen-bond acceptors (Lipinski definition) is 4. The summed E-state index contributed by atoms with van der Waals surface area (Å²) in [4.78, 5) is -1.60. The lowest BCUT2D eigenvalue weighted by Gasteiger charge is -2.14. The maximum Gasteiger partial charge on any atom is 0.296 e. The molecule has 0 atom stereocenters. The van der Waals surface area contributed by atoms with Crippen LogP contribution in [-0.4, -0.2) is 25.9 Å². The Morgan fingerprint density at radius 2 is 1.28 bits per heavy atom. The number of hydrogen-bond donors (Lipinski definition) is 2. The van der Waals surface area contributed by atoms with E-state index in [0.717, 1.165) is 5.56 Å². The Kier molecular flexibility index (Phi) is 4.38. The molecule has 0 spiro atoms. The molecule has 2 N–H and O–H groups in total. The topological polar surface area (TPSA) is 109 Å². The second-order valence-electron chi connectivity index (χ2n) is 5.53. The van der Waals surface area contributed by atoms with Gasteiger partial charge >= 0.3 is 0 Å². The van der Waals surface area contributed by atoms with Crippen LogP contribution in [0.2, 0.25) is 0 Å². The first-order chi connectivity index (χ1) is 11.7. The molecule has 25 heavy (non-hydrogen) atoms. The Bertz CT molecular complexity index is 1150. The van der Waals surface area contributed by atoms with E-state index in [4.69, 9.17) is 0 Å². The zero-order chi connectivity index (χ0) is 18.2. The molecule has 0 saturated heterocycles. The van der Waals surface area contributed by atoms with Gasteiger partial charge in [0.25, 0.3) is 20.2 Å². The van der Waals surface area contributed by atoms with E-state index >= 15 is 0 Å². The lowest BCUT2D eigenvalue weighted by Crippen LogP contribution is -2.13. The molecule has 0 aliphatic heterocycles. The highest BCUT2D eigenvalue weighted by atomic mass is 32.2. The van der Waals surface area contributed by atoms with Gasteiger partial charge in [-0.1, -0.05) is 54.6 Å². The maximum absolute atomic E-state index is 11.9. The normalized spacial score (nSPS) is 12.4.